The third kappa shape index (κ3) is 2.82. The first-order valence-electron chi connectivity index (χ1n) is 6.40. The van der Waals surface area contributed by atoms with E-state index in [1.807, 2.05) is 0 Å². The fraction of sp³-hybridized carbons (Fsp3) is 0.846. The predicted molar refractivity (Wildman–Crippen MR) is 65.0 cm³/mol. The molecule has 2 aliphatic rings. The van der Waals surface area contributed by atoms with Crippen molar-refractivity contribution in [3.63, 3.8) is 0 Å². The molecule has 0 saturated carbocycles. The fourth-order valence-electron chi connectivity index (χ4n) is 2.66. The number of hydrogen-bond acceptors (Lipinski definition) is 2. The molecule has 0 aromatic rings. The van der Waals surface area contributed by atoms with Crippen LogP contribution >= 0.6 is 0 Å². The third-order valence-electron chi connectivity index (χ3n) is 3.76. The maximum absolute atomic E-state index is 3.67. The molecule has 1 aliphatic heterocycles. The van der Waals surface area contributed by atoms with E-state index in [1.165, 1.54) is 38.9 Å². The van der Waals surface area contributed by atoms with Crippen molar-refractivity contribution >= 4 is 0 Å². The summed E-state index contributed by atoms with van der Waals surface area (Å²) in [6.45, 7) is 8.37. The SMILES string of the molecule is CC(C)C1CN(C2CC=CC2)CCCN1. The van der Waals surface area contributed by atoms with Crippen LogP contribution in [0.5, 0.6) is 0 Å². The summed E-state index contributed by atoms with van der Waals surface area (Å²) in [6.07, 6.45) is 8.52. The highest BCUT2D eigenvalue weighted by Crippen LogP contribution is 2.20. The van der Waals surface area contributed by atoms with Crippen LogP contribution in [0.3, 0.4) is 0 Å². The Labute approximate surface area is 93.7 Å². The molecular formula is C13H24N2. The lowest BCUT2D eigenvalue weighted by molar-refractivity contribution is 0.186. The maximum atomic E-state index is 3.67. The number of hydrogen-bond donors (Lipinski definition) is 1. The van der Waals surface area contributed by atoms with E-state index in [4.69, 9.17) is 0 Å². The van der Waals surface area contributed by atoms with Crippen LogP contribution in [0.4, 0.5) is 0 Å². The molecule has 1 unspecified atom stereocenters. The summed E-state index contributed by atoms with van der Waals surface area (Å²) < 4.78 is 0. The summed E-state index contributed by atoms with van der Waals surface area (Å²) in [5, 5.41) is 3.67. The number of nitrogens with zero attached hydrogens (tertiary/aromatic N) is 1. The van der Waals surface area contributed by atoms with Gasteiger partial charge in [0.15, 0.2) is 0 Å². The Morgan fingerprint density at radius 1 is 1.27 bits per heavy atom. The minimum absolute atomic E-state index is 0.688. The summed E-state index contributed by atoms with van der Waals surface area (Å²) in [5.74, 6) is 0.750. The lowest BCUT2D eigenvalue weighted by Crippen LogP contribution is -2.44. The quantitative estimate of drug-likeness (QED) is 0.699. The van der Waals surface area contributed by atoms with E-state index in [2.05, 4.69) is 36.2 Å². The Bertz CT molecular complexity index is 215. The molecule has 1 atom stereocenters. The molecule has 86 valence electrons. The monoisotopic (exact) mass is 208 g/mol. The summed E-state index contributed by atoms with van der Waals surface area (Å²) in [5.41, 5.74) is 0. The lowest BCUT2D eigenvalue weighted by atomic mass is 10.0. The molecule has 2 heteroatoms. The largest absolute Gasteiger partial charge is 0.312 e. The summed E-state index contributed by atoms with van der Waals surface area (Å²) >= 11 is 0. The van der Waals surface area contributed by atoms with Gasteiger partial charge in [-0.2, -0.15) is 0 Å². The summed E-state index contributed by atoms with van der Waals surface area (Å²) in [4.78, 5) is 2.70. The fourth-order valence-corrected chi connectivity index (χ4v) is 2.66. The van der Waals surface area contributed by atoms with Gasteiger partial charge < -0.3 is 5.32 Å². The van der Waals surface area contributed by atoms with Gasteiger partial charge in [0.05, 0.1) is 0 Å². The van der Waals surface area contributed by atoms with Gasteiger partial charge in [-0.05, 0) is 38.3 Å². The van der Waals surface area contributed by atoms with E-state index in [0.717, 1.165) is 12.0 Å². The first-order valence-corrected chi connectivity index (χ1v) is 6.40. The van der Waals surface area contributed by atoms with Crippen LogP contribution in [0.15, 0.2) is 12.2 Å². The van der Waals surface area contributed by atoms with Gasteiger partial charge in [-0.1, -0.05) is 26.0 Å². The van der Waals surface area contributed by atoms with Crippen molar-refractivity contribution in [1.82, 2.24) is 10.2 Å². The van der Waals surface area contributed by atoms with E-state index in [0.29, 0.717) is 6.04 Å². The standard InChI is InChI=1S/C13H24N2/c1-11(2)13-10-15(9-5-8-14-13)12-6-3-4-7-12/h3-4,11-14H,5-10H2,1-2H3. The Balaban J connectivity index is 1.92. The van der Waals surface area contributed by atoms with Crippen molar-refractivity contribution in [2.45, 2.75) is 45.2 Å². The third-order valence-corrected chi connectivity index (χ3v) is 3.76. The van der Waals surface area contributed by atoms with Gasteiger partial charge in [-0.3, -0.25) is 4.90 Å². The van der Waals surface area contributed by atoms with Gasteiger partial charge in [0.25, 0.3) is 0 Å². The number of rotatable bonds is 2. The molecule has 15 heavy (non-hydrogen) atoms. The van der Waals surface area contributed by atoms with E-state index in [1.54, 1.807) is 0 Å². The zero-order valence-corrected chi connectivity index (χ0v) is 10.1. The molecule has 1 aliphatic carbocycles. The molecule has 2 nitrogen and oxygen atoms in total. The van der Waals surface area contributed by atoms with E-state index < -0.39 is 0 Å². The maximum Gasteiger partial charge on any atom is 0.0218 e. The molecule has 1 fully saturated rings. The minimum Gasteiger partial charge on any atom is -0.312 e. The molecule has 1 heterocycles. The average Bonchev–Trinajstić information content (AvgIpc) is 2.62. The Morgan fingerprint density at radius 2 is 2.00 bits per heavy atom. The highest BCUT2D eigenvalue weighted by atomic mass is 15.2. The van der Waals surface area contributed by atoms with Crippen LogP contribution in [-0.2, 0) is 0 Å². The highest BCUT2D eigenvalue weighted by Gasteiger charge is 2.25. The molecule has 2 rings (SSSR count). The van der Waals surface area contributed by atoms with Crippen molar-refractivity contribution in [1.29, 1.82) is 0 Å². The first kappa shape index (κ1) is 11.2. The van der Waals surface area contributed by atoms with Crippen LogP contribution in [0.25, 0.3) is 0 Å². The second-order valence-corrected chi connectivity index (χ2v) is 5.25. The van der Waals surface area contributed by atoms with Gasteiger partial charge >= 0.3 is 0 Å². The average molecular weight is 208 g/mol. The molecule has 0 aromatic carbocycles. The smallest absolute Gasteiger partial charge is 0.0218 e. The zero-order valence-electron chi connectivity index (χ0n) is 10.1. The normalized spacial score (nSPS) is 29.9. The first-order chi connectivity index (χ1) is 7.27. The van der Waals surface area contributed by atoms with Gasteiger partial charge in [-0.15, -0.1) is 0 Å². The van der Waals surface area contributed by atoms with Crippen molar-refractivity contribution in [3.8, 4) is 0 Å². The summed E-state index contributed by atoms with van der Waals surface area (Å²) in [6, 6.07) is 1.49. The lowest BCUT2D eigenvalue weighted by Gasteiger charge is -2.31. The van der Waals surface area contributed by atoms with Gasteiger partial charge in [0.1, 0.15) is 0 Å². The van der Waals surface area contributed by atoms with Crippen LogP contribution in [0.2, 0.25) is 0 Å². The molecular weight excluding hydrogens is 184 g/mol. The van der Waals surface area contributed by atoms with Crippen molar-refractivity contribution in [2.24, 2.45) is 5.92 Å². The van der Waals surface area contributed by atoms with Crippen molar-refractivity contribution < 1.29 is 0 Å². The molecule has 1 saturated heterocycles. The molecule has 0 aromatic heterocycles. The van der Waals surface area contributed by atoms with Crippen molar-refractivity contribution in [2.75, 3.05) is 19.6 Å². The zero-order chi connectivity index (χ0) is 10.7. The second kappa shape index (κ2) is 5.13. The Hall–Kier alpha value is -0.340. The summed E-state index contributed by atoms with van der Waals surface area (Å²) in [7, 11) is 0. The molecule has 0 amide bonds. The topological polar surface area (TPSA) is 15.3 Å². The van der Waals surface area contributed by atoms with Gasteiger partial charge in [0.2, 0.25) is 0 Å². The highest BCUT2D eigenvalue weighted by molar-refractivity contribution is 4.99. The molecule has 0 spiro atoms. The van der Waals surface area contributed by atoms with Gasteiger partial charge in [0, 0.05) is 18.6 Å². The minimum atomic E-state index is 0.688. The van der Waals surface area contributed by atoms with E-state index in [9.17, 15) is 0 Å². The van der Waals surface area contributed by atoms with Crippen LogP contribution in [0.1, 0.15) is 33.1 Å². The van der Waals surface area contributed by atoms with Gasteiger partial charge in [-0.25, -0.2) is 0 Å². The predicted octanol–water partition coefficient (Wildman–Crippen LogP) is 2.02. The van der Waals surface area contributed by atoms with E-state index in [-0.39, 0.29) is 0 Å². The number of nitrogens with one attached hydrogen (secondary N) is 1. The van der Waals surface area contributed by atoms with Crippen LogP contribution in [0, 0.1) is 5.92 Å². The molecule has 1 N–H and O–H groups in total. The van der Waals surface area contributed by atoms with E-state index >= 15 is 0 Å². The second-order valence-electron chi connectivity index (χ2n) is 5.25. The Kier molecular flexibility index (Phi) is 3.81. The molecule has 0 radical (unpaired) electrons. The molecule has 0 bridgehead atoms. The Morgan fingerprint density at radius 3 is 2.67 bits per heavy atom. The van der Waals surface area contributed by atoms with Crippen molar-refractivity contribution in [3.05, 3.63) is 12.2 Å². The van der Waals surface area contributed by atoms with Crippen LogP contribution in [-0.4, -0.2) is 36.6 Å². The van der Waals surface area contributed by atoms with Crippen LogP contribution < -0.4 is 5.32 Å².